The van der Waals surface area contributed by atoms with E-state index >= 15 is 0 Å². The van der Waals surface area contributed by atoms with Crippen LogP contribution in [0.1, 0.15) is 32.9 Å². The van der Waals surface area contributed by atoms with E-state index in [4.69, 9.17) is 14.0 Å². The van der Waals surface area contributed by atoms with Gasteiger partial charge < -0.3 is 19.3 Å². The number of amides is 1. The molecule has 3 aromatic rings. The second kappa shape index (κ2) is 8.10. The predicted molar refractivity (Wildman–Crippen MR) is 99.4 cm³/mol. The fraction of sp³-hybridized carbons (Fsp3) is 0.238. The molecule has 2 aromatic carbocycles. The molecule has 30 heavy (non-hydrogen) atoms. The van der Waals surface area contributed by atoms with Crippen molar-refractivity contribution in [2.24, 2.45) is 0 Å². The van der Waals surface area contributed by atoms with Gasteiger partial charge in [0.2, 0.25) is 12.6 Å². The average Bonchev–Trinajstić information content (AvgIpc) is 3.37. The minimum absolute atomic E-state index is 0.0677. The van der Waals surface area contributed by atoms with E-state index < -0.39 is 17.6 Å². The first kappa shape index (κ1) is 19.8. The number of aromatic nitrogens is 1. The third kappa shape index (κ3) is 4.56. The van der Waals surface area contributed by atoms with Crippen LogP contribution in [0.15, 0.2) is 53.1 Å². The lowest BCUT2D eigenvalue weighted by Crippen LogP contribution is -2.25. The van der Waals surface area contributed by atoms with Crippen LogP contribution < -0.4 is 14.8 Å². The maximum atomic E-state index is 12.6. The van der Waals surface area contributed by atoms with E-state index in [9.17, 15) is 18.0 Å². The third-order valence-electron chi connectivity index (χ3n) is 4.59. The molecule has 156 valence electrons. The third-order valence-corrected chi connectivity index (χ3v) is 4.59. The van der Waals surface area contributed by atoms with Gasteiger partial charge in [-0.2, -0.15) is 13.2 Å². The summed E-state index contributed by atoms with van der Waals surface area (Å²) in [5.74, 6) is 0.980. The molecule has 2 heterocycles. The zero-order valence-corrected chi connectivity index (χ0v) is 15.7. The number of carbonyl (C=O) groups excluding carboxylic acids is 1. The van der Waals surface area contributed by atoms with Gasteiger partial charge in [-0.3, -0.25) is 4.79 Å². The molecule has 0 radical (unpaired) electrons. The fourth-order valence-electron chi connectivity index (χ4n) is 3.03. The first-order chi connectivity index (χ1) is 14.4. The van der Waals surface area contributed by atoms with Crippen LogP contribution in [0.4, 0.5) is 13.2 Å². The molecule has 0 saturated carbocycles. The molecule has 0 unspecified atom stereocenters. The summed E-state index contributed by atoms with van der Waals surface area (Å²) in [5.41, 5.74) is 1.50. The zero-order valence-electron chi connectivity index (χ0n) is 15.7. The summed E-state index contributed by atoms with van der Waals surface area (Å²) >= 11 is 0. The molecule has 1 aliphatic heterocycles. The van der Waals surface area contributed by atoms with Gasteiger partial charge in [-0.15, -0.1) is 0 Å². The highest BCUT2D eigenvalue weighted by Gasteiger charge is 2.29. The van der Waals surface area contributed by atoms with Gasteiger partial charge in [0.25, 0.3) is 5.91 Å². The monoisotopic (exact) mass is 418 g/mol. The van der Waals surface area contributed by atoms with Gasteiger partial charge in [0.1, 0.15) is 0 Å². The lowest BCUT2D eigenvalue weighted by Gasteiger charge is -2.07. The summed E-state index contributed by atoms with van der Waals surface area (Å²) in [7, 11) is 0. The number of halogens is 3. The summed E-state index contributed by atoms with van der Waals surface area (Å²) in [5, 5.41) is 6.58. The van der Waals surface area contributed by atoms with Gasteiger partial charge in [-0.05, 0) is 41.8 Å². The van der Waals surface area contributed by atoms with Crippen LogP contribution in [-0.4, -0.2) is 24.4 Å². The highest BCUT2D eigenvalue weighted by Crippen LogP contribution is 2.33. The number of nitrogens with one attached hydrogen (secondary N) is 1. The second-order valence-corrected chi connectivity index (χ2v) is 6.75. The highest BCUT2D eigenvalue weighted by atomic mass is 19.4. The number of fused-ring (bicyclic) bond motifs is 1. The molecule has 0 bridgehead atoms. The van der Waals surface area contributed by atoms with Crippen molar-refractivity contribution >= 4 is 5.91 Å². The number of hydrogen-bond acceptors (Lipinski definition) is 5. The van der Waals surface area contributed by atoms with Crippen LogP contribution in [0.2, 0.25) is 0 Å². The van der Waals surface area contributed by atoms with Crippen molar-refractivity contribution in [2.45, 2.75) is 19.0 Å². The normalized spacial score (nSPS) is 12.8. The summed E-state index contributed by atoms with van der Waals surface area (Å²) < 4.78 is 53.4. The Morgan fingerprint density at radius 2 is 1.73 bits per heavy atom. The smallest absolute Gasteiger partial charge is 0.416 e. The van der Waals surface area contributed by atoms with Crippen LogP contribution in [0.3, 0.4) is 0 Å². The van der Waals surface area contributed by atoms with Gasteiger partial charge in [0, 0.05) is 19.0 Å². The van der Waals surface area contributed by atoms with E-state index in [0.29, 0.717) is 35.6 Å². The van der Waals surface area contributed by atoms with Crippen molar-refractivity contribution < 1.29 is 32.0 Å². The predicted octanol–water partition coefficient (Wildman–Crippen LogP) is 3.99. The Morgan fingerprint density at radius 3 is 2.50 bits per heavy atom. The van der Waals surface area contributed by atoms with Crippen LogP contribution in [0.25, 0.3) is 0 Å². The maximum Gasteiger partial charge on any atom is 0.416 e. The molecule has 0 saturated heterocycles. The van der Waals surface area contributed by atoms with Gasteiger partial charge in [-0.25, -0.2) is 0 Å². The number of rotatable bonds is 6. The molecule has 0 aliphatic carbocycles. The number of hydrogen-bond donors (Lipinski definition) is 1. The fourth-order valence-corrected chi connectivity index (χ4v) is 3.03. The van der Waals surface area contributed by atoms with E-state index in [1.165, 1.54) is 12.1 Å². The first-order valence-corrected chi connectivity index (χ1v) is 9.17. The van der Waals surface area contributed by atoms with Crippen molar-refractivity contribution in [2.75, 3.05) is 13.3 Å². The number of ether oxygens (including phenoxy) is 2. The standard InChI is InChI=1S/C21H17F3N2O4/c22-21(23,24)15-4-1-13(2-5-15)7-8-25-20(27)19-11-16(26-30-19)9-14-3-6-17-18(10-14)29-12-28-17/h1-6,10-11H,7-9,12H2,(H,25,27). The Morgan fingerprint density at radius 1 is 1.00 bits per heavy atom. The molecular weight excluding hydrogens is 401 g/mol. The SMILES string of the molecule is O=C(NCCc1ccc(C(F)(F)F)cc1)c1cc(Cc2ccc3c(c2)OCO3)no1. The Bertz CT molecular complexity index is 1050. The molecule has 1 amide bonds. The van der Waals surface area contributed by atoms with Gasteiger partial charge in [0.15, 0.2) is 11.5 Å². The molecule has 9 heteroatoms. The average molecular weight is 418 g/mol. The molecule has 0 atom stereocenters. The van der Waals surface area contributed by atoms with E-state index in [1.807, 2.05) is 18.2 Å². The van der Waals surface area contributed by atoms with Crippen molar-refractivity contribution in [3.63, 3.8) is 0 Å². The number of alkyl halides is 3. The van der Waals surface area contributed by atoms with Crippen molar-refractivity contribution in [3.8, 4) is 11.5 Å². The molecule has 1 aliphatic rings. The summed E-state index contributed by atoms with van der Waals surface area (Å²) in [6.07, 6.45) is -3.52. The zero-order chi connectivity index (χ0) is 21.1. The lowest BCUT2D eigenvalue weighted by molar-refractivity contribution is -0.137. The summed E-state index contributed by atoms with van der Waals surface area (Å²) in [4.78, 5) is 12.2. The Labute approximate surface area is 169 Å². The topological polar surface area (TPSA) is 73.6 Å². The van der Waals surface area contributed by atoms with Gasteiger partial charge in [-0.1, -0.05) is 23.4 Å². The van der Waals surface area contributed by atoms with E-state index in [1.54, 1.807) is 6.07 Å². The Kier molecular flexibility index (Phi) is 5.35. The Hall–Kier alpha value is -3.49. The highest BCUT2D eigenvalue weighted by molar-refractivity contribution is 5.91. The second-order valence-electron chi connectivity index (χ2n) is 6.75. The van der Waals surface area contributed by atoms with E-state index in [2.05, 4.69) is 10.5 Å². The van der Waals surface area contributed by atoms with Gasteiger partial charge >= 0.3 is 6.18 Å². The summed E-state index contributed by atoms with van der Waals surface area (Å²) in [6.45, 7) is 0.446. The van der Waals surface area contributed by atoms with Crippen LogP contribution in [0.5, 0.6) is 11.5 Å². The first-order valence-electron chi connectivity index (χ1n) is 9.17. The van der Waals surface area contributed by atoms with E-state index in [0.717, 1.165) is 17.7 Å². The maximum absolute atomic E-state index is 12.6. The van der Waals surface area contributed by atoms with Gasteiger partial charge in [0.05, 0.1) is 11.3 Å². The number of benzene rings is 2. The number of nitrogens with zero attached hydrogens (tertiary/aromatic N) is 1. The minimum Gasteiger partial charge on any atom is -0.454 e. The van der Waals surface area contributed by atoms with Crippen LogP contribution >= 0.6 is 0 Å². The molecule has 1 aromatic heterocycles. The van der Waals surface area contributed by atoms with E-state index in [-0.39, 0.29) is 19.1 Å². The molecular formula is C21H17F3N2O4. The van der Waals surface area contributed by atoms with Crippen LogP contribution in [0, 0.1) is 0 Å². The molecule has 4 rings (SSSR count). The number of carbonyl (C=O) groups is 1. The van der Waals surface area contributed by atoms with Crippen molar-refractivity contribution in [1.29, 1.82) is 0 Å². The molecule has 1 N–H and O–H groups in total. The quantitative estimate of drug-likeness (QED) is 0.656. The molecule has 0 fully saturated rings. The largest absolute Gasteiger partial charge is 0.454 e. The van der Waals surface area contributed by atoms with Crippen molar-refractivity contribution in [1.82, 2.24) is 10.5 Å². The van der Waals surface area contributed by atoms with Crippen molar-refractivity contribution in [3.05, 3.63) is 76.7 Å². The summed E-state index contributed by atoms with van der Waals surface area (Å²) in [6, 6.07) is 11.9. The van der Waals surface area contributed by atoms with Crippen LogP contribution in [-0.2, 0) is 19.0 Å². The lowest BCUT2D eigenvalue weighted by atomic mass is 10.1. The Balaban J connectivity index is 1.29. The molecule has 6 nitrogen and oxygen atoms in total. The minimum atomic E-state index is -4.36. The molecule has 0 spiro atoms.